The van der Waals surface area contributed by atoms with Crippen LogP contribution in [0.3, 0.4) is 0 Å². The molecule has 0 spiro atoms. The zero-order valence-electron chi connectivity index (χ0n) is 6.72. The standard InChI is InChI=1S/C7H12N2O2/c1-5(4-10)8-6(2)9-7(3)11/h10H,1,4H2,2-3H3,(H,8,9,11). The van der Waals surface area contributed by atoms with Gasteiger partial charge in [0.05, 0.1) is 12.3 Å². The van der Waals surface area contributed by atoms with Gasteiger partial charge in [0.1, 0.15) is 5.84 Å². The number of hydrogen-bond donors (Lipinski definition) is 2. The van der Waals surface area contributed by atoms with Crippen molar-refractivity contribution in [1.29, 1.82) is 0 Å². The summed E-state index contributed by atoms with van der Waals surface area (Å²) in [4.78, 5) is 14.2. The monoisotopic (exact) mass is 156 g/mol. The molecule has 0 saturated carbocycles. The Morgan fingerprint density at radius 2 is 2.18 bits per heavy atom. The lowest BCUT2D eigenvalue weighted by molar-refractivity contribution is -0.117. The molecule has 0 aliphatic rings. The Bertz CT molecular complexity index is 197. The number of hydrogen-bond acceptors (Lipinski definition) is 3. The molecular formula is C7H12N2O2. The van der Waals surface area contributed by atoms with Crippen LogP contribution in [0.2, 0.25) is 0 Å². The molecule has 0 atom stereocenters. The second-order valence-electron chi connectivity index (χ2n) is 2.10. The van der Waals surface area contributed by atoms with Gasteiger partial charge in [-0.1, -0.05) is 6.58 Å². The highest BCUT2D eigenvalue weighted by molar-refractivity contribution is 5.96. The highest BCUT2D eigenvalue weighted by Crippen LogP contribution is 1.89. The van der Waals surface area contributed by atoms with Crippen LogP contribution in [0.25, 0.3) is 0 Å². The number of nitrogens with one attached hydrogen (secondary N) is 1. The molecule has 0 aromatic rings. The third-order valence-corrected chi connectivity index (χ3v) is 0.865. The van der Waals surface area contributed by atoms with Gasteiger partial charge in [-0.05, 0) is 6.92 Å². The van der Waals surface area contributed by atoms with Crippen molar-refractivity contribution in [3.05, 3.63) is 12.3 Å². The number of amidine groups is 1. The molecule has 1 amide bonds. The van der Waals surface area contributed by atoms with Gasteiger partial charge in [0, 0.05) is 6.92 Å². The third kappa shape index (κ3) is 5.29. The smallest absolute Gasteiger partial charge is 0.222 e. The highest BCUT2D eigenvalue weighted by Gasteiger charge is 1.93. The molecule has 0 bridgehead atoms. The number of amides is 1. The van der Waals surface area contributed by atoms with E-state index in [9.17, 15) is 4.79 Å². The molecular weight excluding hydrogens is 144 g/mol. The summed E-state index contributed by atoms with van der Waals surface area (Å²) in [5.74, 6) is 0.258. The molecule has 4 nitrogen and oxygen atoms in total. The van der Waals surface area contributed by atoms with Crippen molar-refractivity contribution in [2.75, 3.05) is 6.61 Å². The predicted octanol–water partition coefficient (Wildman–Crippen LogP) is 0.0469. The fourth-order valence-electron chi connectivity index (χ4n) is 0.555. The first-order valence-corrected chi connectivity index (χ1v) is 3.17. The van der Waals surface area contributed by atoms with E-state index in [-0.39, 0.29) is 12.5 Å². The average molecular weight is 156 g/mol. The van der Waals surface area contributed by atoms with Crippen LogP contribution in [-0.4, -0.2) is 23.5 Å². The van der Waals surface area contributed by atoms with E-state index < -0.39 is 0 Å². The molecule has 0 rings (SSSR count). The SMILES string of the molecule is C=C(CO)/N=C(\C)NC(C)=O. The summed E-state index contributed by atoms with van der Waals surface area (Å²) >= 11 is 0. The maximum Gasteiger partial charge on any atom is 0.222 e. The minimum Gasteiger partial charge on any atom is -0.390 e. The van der Waals surface area contributed by atoms with Gasteiger partial charge in [-0.25, -0.2) is 4.99 Å². The van der Waals surface area contributed by atoms with Gasteiger partial charge in [0.25, 0.3) is 0 Å². The Kier molecular flexibility index (Phi) is 4.14. The third-order valence-electron chi connectivity index (χ3n) is 0.865. The molecule has 4 heteroatoms. The second kappa shape index (κ2) is 4.62. The van der Waals surface area contributed by atoms with Gasteiger partial charge in [0.15, 0.2) is 0 Å². The van der Waals surface area contributed by atoms with E-state index in [4.69, 9.17) is 5.11 Å². The van der Waals surface area contributed by atoms with E-state index in [2.05, 4.69) is 16.9 Å². The van der Waals surface area contributed by atoms with Crippen LogP contribution in [0, 0.1) is 0 Å². The van der Waals surface area contributed by atoms with Gasteiger partial charge >= 0.3 is 0 Å². The minimum absolute atomic E-state index is 0.183. The quantitative estimate of drug-likeness (QED) is 0.438. The van der Waals surface area contributed by atoms with Gasteiger partial charge in [0.2, 0.25) is 5.91 Å². The number of nitrogens with zero attached hydrogens (tertiary/aromatic N) is 1. The number of aliphatic hydroxyl groups is 1. The van der Waals surface area contributed by atoms with Crippen LogP contribution in [-0.2, 0) is 4.79 Å². The van der Waals surface area contributed by atoms with Crippen molar-refractivity contribution in [3.63, 3.8) is 0 Å². The summed E-state index contributed by atoms with van der Waals surface area (Å²) in [6, 6.07) is 0. The Labute approximate surface area is 65.6 Å². The van der Waals surface area contributed by atoms with E-state index >= 15 is 0 Å². The van der Waals surface area contributed by atoms with Crippen LogP contribution in [0.5, 0.6) is 0 Å². The molecule has 62 valence electrons. The second-order valence-corrected chi connectivity index (χ2v) is 2.10. The lowest BCUT2D eigenvalue weighted by Crippen LogP contribution is -2.25. The average Bonchev–Trinajstić information content (AvgIpc) is 1.85. The molecule has 0 saturated heterocycles. The molecule has 2 N–H and O–H groups in total. The maximum atomic E-state index is 10.4. The van der Waals surface area contributed by atoms with E-state index in [1.807, 2.05) is 0 Å². The van der Waals surface area contributed by atoms with Gasteiger partial charge < -0.3 is 10.4 Å². The molecule has 0 unspecified atom stereocenters. The lowest BCUT2D eigenvalue weighted by Gasteiger charge is -2.00. The van der Waals surface area contributed by atoms with Crippen molar-refractivity contribution < 1.29 is 9.90 Å². The van der Waals surface area contributed by atoms with E-state index in [1.54, 1.807) is 6.92 Å². The topological polar surface area (TPSA) is 61.7 Å². The number of aliphatic hydroxyl groups excluding tert-OH is 1. The fraction of sp³-hybridized carbons (Fsp3) is 0.429. The molecule has 0 aromatic heterocycles. The van der Waals surface area contributed by atoms with Gasteiger partial charge in [-0.3, -0.25) is 4.79 Å². The van der Waals surface area contributed by atoms with Crippen molar-refractivity contribution in [2.24, 2.45) is 4.99 Å². The molecule has 11 heavy (non-hydrogen) atoms. The summed E-state index contributed by atoms with van der Waals surface area (Å²) < 4.78 is 0. The zero-order valence-corrected chi connectivity index (χ0v) is 6.72. The van der Waals surface area contributed by atoms with Crippen LogP contribution >= 0.6 is 0 Å². The summed E-state index contributed by atoms with van der Waals surface area (Å²) in [5.41, 5.74) is 0.330. The summed E-state index contributed by atoms with van der Waals surface area (Å²) in [5, 5.41) is 10.9. The molecule has 0 aromatic carbocycles. The summed E-state index contributed by atoms with van der Waals surface area (Å²) in [7, 11) is 0. The predicted molar refractivity (Wildman–Crippen MR) is 43.2 cm³/mol. The molecule has 0 fully saturated rings. The number of aliphatic imine (C=N–C) groups is 1. The van der Waals surface area contributed by atoms with Crippen molar-refractivity contribution in [3.8, 4) is 0 Å². The fourth-order valence-corrected chi connectivity index (χ4v) is 0.555. The number of rotatable bonds is 2. The first-order chi connectivity index (χ1) is 5.06. The Hall–Kier alpha value is -1.16. The normalized spacial score (nSPS) is 11.0. The van der Waals surface area contributed by atoms with Gasteiger partial charge in [-0.15, -0.1) is 0 Å². The molecule has 0 aliphatic carbocycles. The van der Waals surface area contributed by atoms with Crippen LogP contribution < -0.4 is 5.32 Å². The molecule has 0 radical (unpaired) electrons. The van der Waals surface area contributed by atoms with Crippen LogP contribution in [0.15, 0.2) is 17.3 Å². The number of carbonyl (C=O) groups excluding carboxylic acids is 1. The lowest BCUT2D eigenvalue weighted by atomic mass is 10.5. The minimum atomic E-state index is -0.197. The molecule has 0 heterocycles. The Balaban J connectivity index is 4.00. The van der Waals surface area contributed by atoms with E-state index in [0.29, 0.717) is 11.5 Å². The van der Waals surface area contributed by atoms with E-state index in [0.717, 1.165) is 0 Å². The molecule has 0 aliphatic heterocycles. The first kappa shape index (κ1) is 9.84. The van der Waals surface area contributed by atoms with Crippen LogP contribution in [0.4, 0.5) is 0 Å². The number of carbonyl (C=O) groups is 1. The van der Waals surface area contributed by atoms with Gasteiger partial charge in [-0.2, -0.15) is 0 Å². The van der Waals surface area contributed by atoms with Crippen LogP contribution in [0.1, 0.15) is 13.8 Å². The largest absolute Gasteiger partial charge is 0.390 e. The Morgan fingerprint density at radius 3 is 2.55 bits per heavy atom. The van der Waals surface area contributed by atoms with Crippen molar-refractivity contribution in [2.45, 2.75) is 13.8 Å². The van der Waals surface area contributed by atoms with Crippen molar-refractivity contribution in [1.82, 2.24) is 5.32 Å². The summed E-state index contributed by atoms with van der Waals surface area (Å²) in [6.07, 6.45) is 0. The van der Waals surface area contributed by atoms with E-state index in [1.165, 1.54) is 6.92 Å². The highest BCUT2D eigenvalue weighted by atomic mass is 16.3. The zero-order chi connectivity index (χ0) is 8.85. The first-order valence-electron chi connectivity index (χ1n) is 3.17. The summed E-state index contributed by atoms with van der Waals surface area (Å²) in [6.45, 7) is 6.25. The maximum absolute atomic E-state index is 10.4. The Morgan fingerprint density at radius 1 is 1.64 bits per heavy atom. The van der Waals surface area contributed by atoms with Crippen molar-refractivity contribution >= 4 is 11.7 Å².